The van der Waals surface area contributed by atoms with Crippen LogP contribution in [0.3, 0.4) is 0 Å². The fraction of sp³-hybridized carbons (Fsp3) is 0.0400. The maximum atomic E-state index is 5.21. The topological polar surface area (TPSA) is 35.6 Å². The van der Waals surface area contributed by atoms with Crippen LogP contribution in [0.4, 0.5) is 0 Å². The van der Waals surface area contributed by atoms with Gasteiger partial charge in [-0.2, -0.15) is 0 Å². The van der Waals surface area contributed by atoms with Crippen molar-refractivity contribution in [1.29, 1.82) is 0 Å². The Kier molecular flexibility index (Phi) is 6.96. The molecule has 0 N–H and O–H groups in total. The van der Waals surface area contributed by atoms with E-state index in [-0.39, 0.29) is 0 Å². The standard InChI is InChI=1S/C50H34N4/c1-6-16-44-43(15-1)49(35-27-31-38(32-28-35)54-47-19-9-4-13-41(47)42-14-5-10-20-48(42)54)52-50(51-44)36-23-21-33(22-24-36)34-25-29-37(30-26-34)53-45-17-7-2-11-39(45)40-12-3-8-18-46(40)53/h1-4,6-13,15-32H,5,14H2. The van der Waals surface area contributed by atoms with E-state index < -0.39 is 0 Å². The van der Waals surface area contributed by atoms with Gasteiger partial charge in [-0.05, 0) is 84.1 Å². The molecule has 0 bridgehead atoms. The summed E-state index contributed by atoms with van der Waals surface area (Å²) >= 11 is 0. The molecule has 1 aliphatic carbocycles. The molecule has 0 saturated carbocycles. The number of fused-ring (bicyclic) bond motifs is 7. The van der Waals surface area contributed by atoms with Crippen molar-refractivity contribution in [3.05, 3.63) is 187 Å². The number of benzene rings is 7. The van der Waals surface area contributed by atoms with Crippen molar-refractivity contribution in [2.45, 2.75) is 12.8 Å². The van der Waals surface area contributed by atoms with Gasteiger partial charge in [-0.15, -0.1) is 0 Å². The van der Waals surface area contributed by atoms with Crippen LogP contribution in [0.15, 0.2) is 176 Å². The summed E-state index contributed by atoms with van der Waals surface area (Å²) in [5.74, 6) is 0.719. The van der Waals surface area contributed by atoms with Crippen molar-refractivity contribution in [3.8, 4) is 45.1 Å². The lowest BCUT2D eigenvalue weighted by atomic mass is 10.0. The van der Waals surface area contributed by atoms with Gasteiger partial charge in [0, 0.05) is 49.7 Å². The summed E-state index contributed by atoms with van der Waals surface area (Å²) in [6.45, 7) is 0. The van der Waals surface area contributed by atoms with Crippen LogP contribution in [0.2, 0.25) is 0 Å². The largest absolute Gasteiger partial charge is 0.310 e. The van der Waals surface area contributed by atoms with Crippen molar-refractivity contribution in [2.75, 3.05) is 0 Å². The normalized spacial score (nSPS) is 12.6. The minimum Gasteiger partial charge on any atom is -0.310 e. The Labute approximate surface area is 312 Å². The smallest absolute Gasteiger partial charge is 0.160 e. The Morgan fingerprint density at radius 1 is 0.407 bits per heavy atom. The van der Waals surface area contributed by atoms with E-state index in [4.69, 9.17) is 9.97 Å². The van der Waals surface area contributed by atoms with E-state index in [0.29, 0.717) is 0 Å². The number of allylic oxidation sites excluding steroid dienone is 1. The van der Waals surface area contributed by atoms with Gasteiger partial charge in [-0.3, -0.25) is 0 Å². The summed E-state index contributed by atoms with van der Waals surface area (Å²) in [5.41, 5.74) is 14.9. The highest BCUT2D eigenvalue weighted by Crippen LogP contribution is 2.36. The molecule has 0 unspecified atom stereocenters. The molecule has 254 valence electrons. The van der Waals surface area contributed by atoms with E-state index in [1.54, 1.807) is 0 Å². The summed E-state index contributed by atoms with van der Waals surface area (Å²) in [6, 6.07) is 60.7. The predicted molar refractivity (Wildman–Crippen MR) is 224 cm³/mol. The third kappa shape index (κ3) is 4.84. The minimum atomic E-state index is 0.719. The van der Waals surface area contributed by atoms with Crippen LogP contribution in [0, 0.1) is 0 Å². The molecule has 0 atom stereocenters. The second kappa shape index (κ2) is 12.3. The monoisotopic (exact) mass is 690 g/mol. The molecule has 0 radical (unpaired) electrons. The Morgan fingerprint density at radius 2 is 0.907 bits per heavy atom. The Balaban J connectivity index is 0.929. The fourth-order valence-corrected chi connectivity index (χ4v) is 8.47. The van der Waals surface area contributed by atoms with E-state index in [0.717, 1.165) is 63.3 Å². The van der Waals surface area contributed by atoms with Gasteiger partial charge in [0.25, 0.3) is 0 Å². The number of hydrogen-bond acceptors (Lipinski definition) is 2. The third-order valence-electron chi connectivity index (χ3n) is 11.0. The number of rotatable bonds is 5. The average molecular weight is 691 g/mol. The maximum absolute atomic E-state index is 5.21. The molecule has 4 heteroatoms. The second-order valence-electron chi connectivity index (χ2n) is 14.1. The number of aryl methyl sites for hydroxylation is 1. The first-order valence-electron chi connectivity index (χ1n) is 18.6. The summed E-state index contributed by atoms with van der Waals surface area (Å²) in [5, 5.41) is 4.92. The van der Waals surface area contributed by atoms with Crippen molar-refractivity contribution >= 4 is 49.7 Å². The molecular weight excluding hydrogens is 657 g/mol. The van der Waals surface area contributed by atoms with Crippen LogP contribution in [0.5, 0.6) is 0 Å². The van der Waals surface area contributed by atoms with E-state index in [1.165, 1.54) is 49.5 Å². The zero-order valence-electron chi connectivity index (χ0n) is 29.5. The zero-order chi connectivity index (χ0) is 35.6. The molecule has 0 fully saturated rings. The first-order valence-corrected chi connectivity index (χ1v) is 18.6. The zero-order valence-corrected chi connectivity index (χ0v) is 29.5. The van der Waals surface area contributed by atoms with Crippen LogP contribution in [0.25, 0.3) is 94.8 Å². The van der Waals surface area contributed by atoms with Gasteiger partial charge in [-0.25, -0.2) is 9.97 Å². The summed E-state index contributed by atoms with van der Waals surface area (Å²) < 4.78 is 4.75. The molecule has 0 saturated heterocycles. The lowest BCUT2D eigenvalue weighted by Crippen LogP contribution is -2.00. The molecule has 4 nitrogen and oxygen atoms in total. The van der Waals surface area contributed by atoms with Crippen LogP contribution >= 0.6 is 0 Å². The van der Waals surface area contributed by atoms with Crippen LogP contribution in [0.1, 0.15) is 17.7 Å². The molecule has 0 amide bonds. The predicted octanol–water partition coefficient (Wildman–Crippen LogP) is 12.6. The van der Waals surface area contributed by atoms with E-state index >= 15 is 0 Å². The van der Waals surface area contributed by atoms with Crippen molar-refractivity contribution in [3.63, 3.8) is 0 Å². The van der Waals surface area contributed by atoms with Crippen molar-refractivity contribution in [2.24, 2.45) is 0 Å². The number of nitrogens with zero attached hydrogens (tertiary/aromatic N) is 4. The molecule has 3 heterocycles. The third-order valence-corrected chi connectivity index (χ3v) is 11.0. The quantitative estimate of drug-likeness (QED) is 0.180. The lowest BCUT2D eigenvalue weighted by Gasteiger charge is -2.14. The van der Waals surface area contributed by atoms with Gasteiger partial charge >= 0.3 is 0 Å². The SMILES string of the molecule is C1=Cc2c(c3ccccc3n2-c2ccc(-c3nc(-c4ccc(-c5ccc(-n6c7ccccc7c7ccccc76)cc5)cc4)nc4ccccc34)cc2)CC1. The van der Waals surface area contributed by atoms with Gasteiger partial charge in [0.2, 0.25) is 0 Å². The van der Waals surface area contributed by atoms with Crippen LogP contribution < -0.4 is 0 Å². The highest BCUT2D eigenvalue weighted by Gasteiger charge is 2.19. The van der Waals surface area contributed by atoms with Crippen molar-refractivity contribution < 1.29 is 0 Å². The number of para-hydroxylation sites is 4. The molecule has 54 heavy (non-hydrogen) atoms. The second-order valence-corrected chi connectivity index (χ2v) is 14.1. The van der Waals surface area contributed by atoms with Gasteiger partial charge < -0.3 is 9.13 Å². The number of hydrogen-bond donors (Lipinski definition) is 0. The molecule has 10 aromatic rings. The van der Waals surface area contributed by atoms with Gasteiger partial charge in [0.15, 0.2) is 5.82 Å². The molecule has 1 aliphatic rings. The van der Waals surface area contributed by atoms with Crippen molar-refractivity contribution in [1.82, 2.24) is 19.1 Å². The Hall–Kier alpha value is -7.04. The highest BCUT2D eigenvalue weighted by molar-refractivity contribution is 6.09. The van der Waals surface area contributed by atoms with Gasteiger partial charge in [0.1, 0.15) is 0 Å². The Morgan fingerprint density at radius 3 is 1.57 bits per heavy atom. The minimum absolute atomic E-state index is 0.719. The van der Waals surface area contributed by atoms with E-state index in [1.807, 2.05) is 6.07 Å². The lowest BCUT2D eigenvalue weighted by molar-refractivity contribution is 0.967. The fourth-order valence-electron chi connectivity index (χ4n) is 8.47. The molecule has 3 aromatic heterocycles. The summed E-state index contributed by atoms with van der Waals surface area (Å²) in [6.07, 6.45) is 6.73. The van der Waals surface area contributed by atoms with Crippen LogP contribution in [-0.4, -0.2) is 19.1 Å². The summed E-state index contributed by atoms with van der Waals surface area (Å²) in [7, 11) is 0. The molecule has 7 aromatic carbocycles. The number of aromatic nitrogens is 4. The first-order chi connectivity index (χ1) is 26.8. The average Bonchev–Trinajstić information content (AvgIpc) is 3.77. The van der Waals surface area contributed by atoms with Gasteiger partial charge in [-0.1, -0.05) is 127 Å². The van der Waals surface area contributed by atoms with E-state index in [9.17, 15) is 0 Å². The molecule has 0 aliphatic heterocycles. The van der Waals surface area contributed by atoms with E-state index in [2.05, 4.69) is 185 Å². The molecule has 11 rings (SSSR count). The summed E-state index contributed by atoms with van der Waals surface area (Å²) in [4.78, 5) is 10.3. The molecular formula is C50H34N4. The molecule has 0 spiro atoms. The highest BCUT2D eigenvalue weighted by atomic mass is 15.0. The van der Waals surface area contributed by atoms with Gasteiger partial charge in [0.05, 0.1) is 27.8 Å². The maximum Gasteiger partial charge on any atom is 0.160 e. The Bertz CT molecular complexity index is 3020. The van der Waals surface area contributed by atoms with Crippen LogP contribution in [-0.2, 0) is 6.42 Å². The first kappa shape index (κ1) is 30.6.